The van der Waals surface area contributed by atoms with Crippen LogP contribution in [0.2, 0.25) is 0 Å². The summed E-state index contributed by atoms with van der Waals surface area (Å²) >= 11 is 1.78. The van der Waals surface area contributed by atoms with Gasteiger partial charge in [-0.05, 0) is 105 Å². The summed E-state index contributed by atoms with van der Waals surface area (Å²) in [5.41, 5.74) is 12.9. The normalized spacial score (nSPS) is 13.2. The molecule has 0 radical (unpaired) electrons. The van der Waals surface area contributed by atoms with Gasteiger partial charge in [0.05, 0.1) is 22.2 Å². The molecule has 2 heterocycles. The van der Waals surface area contributed by atoms with Gasteiger partial charge in [0.2, 0.25) is 0 Å². The highest BCUT2D eigenvalue weighted by Crippen LogP contribution is 2.66. The minimum Gasteiger partial charge on any atom is -0.455 e. The standard InChI is InChI=1S/C69H55FN2OS/c1-67(2,3)44-35-39-50(40-36-44)71(48-27-15-9-16-28-48)55-43-54-60(66-58(55)53-32-20-22-34-57(53)74-66)61-62(69(54,46-23-11-7-12-24-46)47-25-13-8-14-26-47)63(70)64(59-52-31-19-21-33-56(52)73-65(59)61)72(49-29-17-10-18-30-49)51-41-37-45(38-42-51)68(4,5)6/h7-43H,1-6H3. The zero-order valence-corrected chi connectivity index (χ0v) is 43.3. The Hall–Kier alpha value is -8.25. The molecular weight excluding hydrogens is 924 g/mol. The lowest BCUT2D eigenvalue weighted by Gasteiger charge is -2.36. The van der Waals surface area contributed by atoms with Crippen molar-refractivity contribution in [3.05, 3.63) is 264 Å². The molecule has 10 aromatic carbocycles. The van der Waals surface area contributed by atoms with Crippen molar-refractivity contribution in [1.29, 1.82) is 0 Å². The van der Waals surface area contributed by atoms with Gasteiger partial charge >= 0.3 is 0 Å². The van der Waals surface area contributed by atoms with Gasteiger partial charge in [0.1, 0.15) is 11.2 Å². The van der Waals surface area contributed by atoms with Gasteiger partial charge in [-0.1, -0.05) is 199 Å². The number of hydrogen-bond acceptors (Lipinski definition) is 4. The fourth-order valence-corrected chi connectivity index (χ4v) is 13.1. The Balaban J connectivity index is 1.25. The van der Waals surface area contributed by atoms with E-state index in [1.54, 1.807) is 11.3 Å². The molecule has 5 heteroatoms. The SMILES string of the molecule is CC(C)(C)c1ccc(N(c2ccccc2)c2c(F)c3c(c4oc5ccccc5c24)-c2c(cc(N(c4ccccc4)c4ccc(C(C)(C)C)cc4)c4c2sc2ccccc24)C3(c2ccccc2)c2ccccc2)cc1. The molecule has 74 heavy (non-hydrogen) atoms. The van der Waals surface area contributed by atoms with Crippen molar-refractivity contribution in [2.24, 2.45) is 0 Å². The summed E-state index contributed by atoms with van der Waals surface area (Å²) in [5.74, 6) is -0.305. The Labute approximate surface area is 436 Å². The van der Waals surface area contributed by atoms with E-state index in [9.17, 15) is 0 Å². The molecular formula is C69H55FN2OS. The molecule has 0 spiro atoms. The topological polar surface area (TPSA) is 19.6 Å². The summed E-state index contributed by atoms with van der Waals surface area (Å²) in [7, 11) is 0. The van der Waals surface area contributed by atoms with Crippen LogP contribution in [0.3, 0.4) is 0 Å². The molecule has 1 aliphatic carbocycles. The molecule has 0 fully saturated rings. The van der Waals surface area contributed by atoms with Gasteiger partial charge in [-0.3, -0.25) is 0 Å². The van der Waals surface area contributed by atoms with Crippen LogP contribution in [-0.4, -0.2) is 0 Å². The van der Waals surface area contributed by atoms with Crippen LogP contribution in [0.1, 0.15) is 74.9 Å². The molecule has 0 saturated carbocycles. The number of benzene rings is 10. The lowest BCUT2D eigenvalue weighted by Crippen LogP contribution is -2.30. The molecule has 0 unspecified atom stereocenters. The van der Waals surface area contributed by atoms with E-state index < -0.39 is 5.41 Å². The zero-order valence-electron chi connectivity index (χ0n) is 42.5. The minimum absolute atomic E-state index is 0.0336. The van der Waals surface area contributed by atoms with Crippen LogP contribution in [-0.2, 0) is 16.2 Å². The van der Waals surface area contributed by atoms with Crippen molar-refractivity contribution in [1.82, 2.24) is 0 Å². The molecule has 12 aromatic rings. The Morgan fingerprint density at radius 2 is 0.919 bits per heavy atom. The monoisotopic (exact) mass is 978 g/mol. The molecule has 0 atom stereocenters. The summed E-state index contributed by atoms with van der Waals surface area (Å²) in [6, 6.07) is 79.1. The number of anilines is 6. The number of para-hydroxylation sites is 3. The molecule has 360 valence electrons. The molecule has 0 saturated heterocycles. The molecule has 0 bridgehead atoms. The molecule has 0 aliphatic heterocycles. The van der Waals surface area contributed by atoms with Gasteiger partial charge in [0, 0.05) is 65.0 Å². The van der Waals surface area contributed by atoms with Crippen molar-refractivity contribution in [3.63, 3.8) is 0 Å². The number of thiophene rings is 1. The van der Waals surface area contributed by atoms with Crippen molar-refractivity contribution in [2.45, 2.75) is 57.8 Å². The lowest BCUT2D eigenvalue weighted by molar-refractivity contribution is 0.588. The number of hydrogen-bond donors (Lipinski definition) is 0. The first-order valence-electron chi connectivity index (χ1n) is 25.6. The van der Waals surface area contributed by atoms with Crippen molar-refractivity contribution in [2.75, 3.05) is 9.80 Å². The zero-order chi connectivity index (χ0) is 50.5. The highest BCUT2D eigenvalue weighted by atomic mass is 32.1. The van der Waals surface area contributed by atoms with Crippen molar-refractivity contribution < 1.29 is 8.81 Å². The summed E-state index contributed by atoms with van der Waals surface area (Å²) in [6.45, 7) is 13.5. The summed E-state index contributed by atoms with van der Waals surface area (Å²) in [4.78, 5) is 4.53. The van der Waals surface area contributed by atoms with Crippen LogP contribution >= 0.6 is 11.3 Å². The van der Waals surface area contributed by atoms with Crippen LogP contribution < -0.4 is 9.80 Å². The van der Waals surface area contributed by atoms with E-state index >= 15 is 4.39 Å². The second kappa shape index (κ2) is 17.2. The first kappa shape index (κ1) is 45.6. The predicted molar refractivity (Wildman–Crippen MR) is 311 cm³/mol. The largest absolute Gasteiger partial charge is 0.455 e. The van der Waals surface area contributed by atoms with E-state index in [1.165, 1.54) is 11.1 Å². The van der Waals surface area contributed by atoms with Gasteiger partial charge in [-0.2, -0.15) is 0 Å². The maximum absolute atomic E-state index is 20.5. The number of rotatable bonds is 8. The van der Waals surface area contributed by atoms with E-state index in [0.717, 1.165) is 87.2 Å². The van der Waals surface area contributed by atoms with E-state index in [-0.39, 0.29) is 16.6 Å². The predicted octanol–water partition coefficient (Wildman–Crippen LogP) is 20.0. The molecule has 13 rings (SSSR count). The van der Waals surface area contributed by atoms with E-state index in [1.807, 2.05) is 36.4 Å². The summed E-state index contributed by atoms with van der Waals surface area (Å²) in [5, 5.41) is 3.83. The summed E-state index contributed by atoms with van der Waals surface area (Å²) < 4.78 is 30.1. The van der Waals surface area contributed by atoms with Gasteiger partial charge in [-0.25, -0.2) is 4.39 Å². The third-order valence-electron chi connectivity index (χ3n) is 15.3. The molecule has 3 nitrogen and oxygen atoms in total. The number of nitrogens with zero attached hydrogens (tertiary/aromatic N) is 2. The Morgan fingerprint density at radius 3 is 1.47 bits per heavy atom. The molecule has 2 aromatic heterocycles. The number of furan rings is 1. The smallest absolute Gasteiger partial charge is 0.153 e. The first-order valence-corrected chi connectivity index (χ1v) is 26.4. The van der Waals surface area contributed by atoms with E-state index in [4.69, 9.17) is 4.42 Å². The van der Waals surface area contributed by atoms with Gasteiger partial charge in [0.15, 0.2) is 5.82 Å². The Morgan fingerprint density at radius 1 is 0.459 bits per heavy atom. The van der Waals surface area contributed by atoms with Crippen molar-refractivity contribution in [3.8, 4) is 11.1 Å². The second-order valence-corrected chi connectivity index (χ2v) is 22.8. The van der Waals surface area contributed by atoms with Gasteiger partial charge < -0.3 is 14.2 Å². The molecule has 0 amide bonds. The Bertz CT molecular complexity index is 4030. The van der Waals surface area contributed by atoms with Crippen LogP contribution in [0.15, 0.2) is 229 Å². The van der Waals surface area contributed by atoms with Gasteiger partial charge in [0.25, 0.3) is 0 Å². The average molecular weight is 979 g/mol. The third kappa shape index (κ3) is 6.97. The Kier molecular flexibility index (Phi) is 10.6. The number of fused-ring (bicyclic) bond motifs is 11. The highest BCUT2D eigenvalue weighted by Gasteiger charge is 2.52. The number of halogens is 1. The van der Waals surface area contributed by atoms with Crippen LogP contribution in [0.25, 0.3) is 53.2 Å². The maximum Gasteiger partial charge on any atom is 0.153 e. The van der Waals surface area contributed by atoms with Gasteiger partial charge in [-0.15, -0.1) is 11.3 Å². The molecule has 0 N–H and O–H groups in total. The lowest BCUT2D eigenvalue weighted by atomic mass is 9.67. The minimum atomic E-state index is -1.19. The average Bonchev–Trinajstić information content (AvgIpc) is 4.12. The van der Waals surface area contributed by atoms with E-state index in [2.05, 4.69) is 239 Å². The first-order chi connectivity index (χ1) is 35.9. The summed E-state index contributed by atoms with van der Waals surface area (Å²) in [6.07, 6.45) is 0. The van der Waals surface area contributed by atoms with Crippen LogP contribution in [0.5, 0.6) is 0 Å². The van der Waals surface area contributed by atoms with Crippen molar-refractivity contribution >= 4 is 87.6 Å². The fraction of sp³-hybridized carbons (Fsp3) is 0.130. The highest BCUT2D eigenvalue weighted by molar-refractivity contribution is 7.26. The second-order valence-electron chi connectivity index (χ2n) is 21.8. The quantitative estimate of drug-likeness (QED) is 0.151. The maximum atomic E-state index is 20.5. The van der Waals surface area contributed by atoms with Crippen LogP contribution in [0.4, 0.5) is 38.5 Å². The van der Waals surface area contributed by atoms with Crippen LogP contribution in [0, 0.1) is 5.82 Å². The molecule has 1 aliphatic rings. The fourth-order valence-electron chi connectivity index (χ4n) is 11.8. The third-order valence-corrected chi connectivity index (χ3v) is 16.5. The van der Waals surface area contributed by atoms with E-state index in [0.29, 0.717) is 22.4 Å².